The van der Waals surface area contributed by atoms with E-state index in [1.807, 2.05) is 0 Å². The lowest BCUT2D eigenvalue weighted by Gasteiger charge is -2.07. The van der Waals surface area contributed by atoms with Crippen LogP contribution in [0.2, 0.25) is 4.34 Å². The van der Waals surface area contributed by atoms with Crippen LogP contribution in [0.1, 0.15) is 11.1 Å². The third-order valence-corrected chi connectivity index (χ3v) is 2.48. The van der Waals surface area contributed by atoms with Gasteiger partial charge in [-0.25, -0.2) is 4.98 Å². The van der Waals surface area contributed by atoms with E-state index in [9.17, 15) is 0 Å². The van der Waals surface area contributed by atoms with Crippen molar-refractivity contribution in [1.82, 2.24) is 4.98 Å². The lowest BCUT2D eigenvalue weighted by Crippen LogP contribution is -2.13. The first-order valence-corrected chi connectivity index (χ1v) is 4.31. The molecule has 0 saturated carbocycles. The van der Waals surface area contributed by atoms with Crippen LogP contribution in [0, 0.1) is 0 Å². The van der Waals surface area contributed by atoms with E-state index < -0.39 is 0 Å². The molecule has 1 atom stereocenters. The molecule has 3 nitrogen and oxygen atoms in total. The fourth-order valence-corrected chi connectivity index (χ4v) is 1.73. The van der Waals surface area contributed by atoms with Gasteiger partial charge in [-0.2, -0.15) is 0 Å². The van der Waals surface area contributed by atoms with Gasteiger partial charge >= 0.3 is 0 Å². The Morgan fingerprint density at radius 3 is 3.00 bits per heavy atom. The Labute approximate surface area is 74.1 Å². The van der Waals surface area contributed by atoms with E-state index in [4.69, 9.17) is 22.1 Å². The van der Waals surface area contributed by atoms with Crippen molar-refractivity contribution in [3.05, 3.63) is 15.5 Å². The second-order valence-corrected chi connectivity index (χ2v) is 3.66. The van der Waals surface area contributed by atoms with Gasteiger partial charge in [0, 0.05) is 13.7 Å². The van der Waals surface area contributed by atoms with Gasteiger partial charge in [0.1, 0.15) is 15.4 Å². The molecule has 1 unspecified atom stereocenters. The summed E-state index contributed by atoms with van der Waals surface area (Å²) in [6.07, 6.45) is 1.48. The number of hydrogen-bond donors (Lipinski definition) is 1. The van der Waals surface area contributed by atoms with Crippen molar-refractivity contribution in [2.24, 2.45) is 5.73 Å². The first-order chi connectivity index (χ1) is 5.27. The van der Waals surface area contributed by atoms with Crippen molar-refractivity contribution in [3.8, 4) is 0 Å². The van der Waals surface area contributed by atoms with Crippen molar-refractivity contribution in [2.45, 2.75) is 6.10 Å². The molecule has 0 radical (unpaired) electrons. The number of nitrogens with two attached hydrogens (primary N) is 1. The maximum absolute atomic E-state index is 5.68. The summed E-state index contributed by atoms with van der Waals surface area (Å²) in [6.45, 7) is 0.431. The Morgan fingerprint density at radius 2 is 2.64 bits per heavy atom. The quantitative estimate of drug-likeness (QED) is 0.789. The summed E-state index contributed by atoms with van der Waals surface area (Å²) in [6, 6.07) is 0. The predicted molar refractivity (Wildman–Crippen MR) is 45.9 cm³/mol. The van der Waals surface area contributed by atoms with Gasteiger partial charge in [0.2, 0.25) is 0 Å². The Bertz CT molecular complexity index is 224. The van der Waals surface area contributed by atoms with Crippen molar-refractivity contribution >= 4 is 22.9 Å². The van der Waals surface area contributed by atoms with Crippen LogP contribution in [-0.2, 0) is 4.74 Å². The van der Waals surface area contributed by atoms with E-state index in [1.54, 1.807) is 13.3 Å². The van der Waals surface area contributed by atoms with Crippen LogP contribution < -0.4 is 5.73 Å². The van der Waals surface area contributed by atoms with Crippen LogP contribution >= 0.6 is 22.9 Å². The number of nitrogens with zero attached hydrogens (tertiary/aromatic N) is 1. The summed E-state index contributed by atoms with van der Waals surface area (Å²) in [5, 5.41) is 0.833. The molecule has 0 saturated heterocycles. The van der Waals surface area contributed by atoms with E-state index >= 15 is 0 Å². The number of aromatic nitrogens is 1. The minimum absolute atomic E-state index is 0.118. The van der Waals surface area contributed by atoms with Crippen molar-refractivity contribution in [3.63, 3.8) is 0 Å². The van der Waals surface area contributed by atoms with Crippen LogP contribution in [0.25, 0.3) is 0 Å². The van der Waals surface area contributed by atoms with Gasteiger partial charge in [0.25, 0.3) is 0 Å². The Balaban J connectivity index is 2.73. The van der Waals surface area contributed by atoms with Gasteiger partial charge < -0.3 is 10.5 Å². The molecule has 62 valence electrons. The van der Waals surface area contributed by atoms with Gasteiger partial charge in [-0.15, -0.1) is 11.3 Å². The molecule has 5 heteroatoms. The molecule has 0 aliphatic carbocycles. The molecule has 11 heavy (non-hydrogen) atoms. The minimum Gasteiger partial charge on any atom is -0.373 e. The maximum atomic E-state index is 5.68. The van der Waals surface area contributed by atoms with Crippen molar-refractivity contribution in [2.75, 3.05) is 13.7 Å². The van der Waals surface area contributed by atoms with Gasteiger partial charge in [-0.05, 0) is 0 Å². The molecule has 1 heterocycles. The van der Waals surface area contributed by atoms with Crippen LogP contribution in [0.5, 0.6) is 0 Å². The number of ether oxygens (including phenoxy) is 1. The average molecular weight is 193 g/mol. The third-order valence-electron chi connectivity index (χ3n) is 1.27. The van der Waals surface area contributed by atoms with Gasteiger partial charge in [0.15, 0.2) is 0 Å². The van der Waals surface area contributed by atoms with E-state index in [0.717, 1.165) is 5.01 Å². The fraction of sp³-hybridized carbons (Fsp3) is 0.500. The molecule has 0 amide bonds. The van der Waals surface area contributed by atoms with Crippen molar-refractivity contribution < 1.29 is 4.74 Å². The lowest BCUT2D eigenvalue weighted by molar-refractivity contribution is 0.110. The highest BCUT2D eigenvalue weighted by Crippen LogP contribution is 2.24. The Morgan fingerprint density at radius 1 is 1.91 bits per heavy atom. The third kappa shape index (κ3) is 2.13. The van der Waals surface area contributed by atoms with E-state index in [-0.39, 0.29) is 6.10 Å². The number of hydrogen-bond acceptors (Lipinski definition) is 4. The molecule has 2 N–H and O–H groups in total. The maximum Gasteiger partial charge on any atom is 0.124 e. The summed E-state index contributed by atoms with van der Waals surface area (Å²) >= 11 is 7.07. The molecule has 1 aromatic rings. The Hall–Kier alpha value is -0.160. The van der Waals surface area contributed by atoms with Crippen LogP contribution in [0.3, 0.4) is 0 Å². The zero-order chi connectivity index (χ0) is 8.27. The summed E-state index contributed by atoms with van der Waals surface area (Å²) in [7, 11) is 1.60. The zero-order valence-corrected chi connectivity index (χ0v) is 7.65. The number of halogens is 1. The second kappa shape index (κ2) is 4.01. The summed E-state index contributed by atoms with van der Waals surface area (Å²) in [4.78, 5) is 4.04. The van der Waals surface area contributed by atoms with Gasteiger partial charge in [-0.3, -0.25) is 0 Å². The standard InChI is InChI=1S/C6H9ClN2OS/c1-10-4(2-8)6-9-3-5(7)11-6/h3-4H,2,8H2,1H3. The largest absolute Gasteiger partial charge is 0.373 e. The van der Waals surface area contributed by atoms with Crippen molar-refractivity contribution in [1.29, 1.82) is 0 Å². The summed E-state index contributed by atoms with van der Waals surface area (Å²) in [5.41, 5.74) is 5.42. The molecule has 0 aliphatic heterocycles. The predicted octanol–water partition coefficient (Wildman–Crippen LogP) is 1.44. The summed E-state index contributed by atoms with van der Waals surface area (Å²) in [5.74, 6) is 0. The second-order valence-electron chi connectivity index (χ2n) is 1.96. The molecule has 1 rings (SSSR count). The summed E-state index contributed by atoms with van der Waals surface area (Å²) < 4.78 is 5.73. The molecule has 0 bridgehead atoms. The number of methoxy groups -OCH3 is 1. The van der Waals surface area contributed by atoms with Crippen LogP contribution in [0.4, 0.5) is 0 Å². The average Bonchev–Trinajstić information content (AvgIpc) is 2.39. The molecule has 0 fully saturated rings. The first-order valence-electron chi connectivity index (χ1n) is 3.12. The number of rotatable bonds is 3. The zero-order valence-electron chi connectivity index (χ0n) is 6.08. The normalized spacial score (nSPS) is 13.4. The first kappa shape index (κ1) is 8.93. The highest BCUT2D eigenvalue weighted by atomic mass is 35.5. The van der Waals surface area contributed by atoms with Crippen LogP contribution in [0.15, 0.2) is 6.20 Å². The monoisotopic (exact) mass is 192 g/mol. The SMILES string of the molecule is COC(CN)c1ncc(Cl)s1. The number of thiazole rings is 1. The van der Waals surface area contributed by atoms with E-state index in [2.05, 4.69) is 4.98 Å². The Kier molecular flexibility index (Phi) is 3.26. The van der Waals surface area contributed by atoms with Gasteiger partial charge in [0.05, 0.1) is 6.20 Å². The lowest BCUT2D eigenvalue weighted by atomic mass is 10.4. The molecule has 0 aliphatic rings. The van der Waals surface area contributed by atoms with E-state index in [1.165, 1.54) is 11.3 Å². The topological polar surface area (TPSA) is 48.1 Å². The highest BCUT2D eigenvalue weighted by molar-refractivity contribution is 7.15. The smallest absolute Gasteiger partial charge is 0.124 e. The molecular formula is C6H9ClN2OS. The molecule has 1 aromatic heterocycles. The highest BCUT2D eigenvalue weighted by Gasteiger charge is 2.11. The molecule has 0 aromatic carbocycles. The molecule has 0 spiro atoms. The van der Waals surface area contributed by atoms with E-state index in [0.29, 0.717) is 10.9 Å². The van der Waals surface area contributed by atoms with Gasteiger partial charge in [-0.1, -0.05) is 11.6 Å². The molecular weight excluding hydrogens is 184 g/mol. The minimum atomic E-state index is -0.118. The van der Waals surface area contributed by atoms with Crippen LogP contribution in [-0.4, -0.2) is 18.6 Å². The fourth-order valence-electron chi connectivity index (χ4n) is 0.714.